The van der Waals surface area contributed by atoms with Gasteiger partial charge in [-0.05, 0) is 50.2 Å². The molecule has 6 heteroatoms. The minimum Gasteiger partial charge on any atom is -0.497 e. The molecule has 0 radical (unpaired) electrons. The highest BCUT2D eigenvalue weighted by molar-refractivity contribution is 6.18. The smallest absolute Gasteiger partial charge is 0.324 e. The summed E-state index contributed by atoms with van der Waals surface area (Å²) in [6.45, 7) is 1.27. The molecule has 2 unspecified atom stereocenters. The predicted molar refractivity (Wildman–Crippen MR) is 102 cm³/mol. The van der Waals surface area contributed by atoms with Crippen molar-refractivity contribution in [2.24, 2.45) is 11.8 Å². The van der Waals surface area contributed by atoms with Crippen molar-refractivity contribution in [3.8, 4) is 11.5 Å². The summed E-state index contributed by atoms with van der Waals surface area (Å²) < 4.78 is 16.6. The zero-order valence-corrected chi connectivity index (χ0v) is 16.8. The molecule has 152 valence electrons. The second-order valence-corrected chi connectivity index (χ2v) is 7.83. The van der Waals surface area contributed by atoms with Gasteiger partial charge in [0.2, 0.25) is 0 Å². The highest BCUT2D eigenvalue weighted by Gasteiger charge is 2.52. The van der Waals surface area contributed by atoms with E-state index in [1.54, 1.807) is 14.2 Å². The molecule has 28 heavy (non-hydrogen) atoms. The van der Waals surface area contributed by atoms with Crippen LogP contribution in [-0.4, -0.2) is 37.4 Å². The second-order valence-electron chi connectivity index (χ2n) is 7.83. The van der Waals surface area contributed by atoms with Gasteiger partial charge >= 0.3 is 5.97 Å². The van der Waals surface area contributed by atoms with E-state index in [1.807, 2.05) is 18.2 Å². The maximum atomic E-state index is 12.7. The lowest BCUT2D eigenvalue weighted by molar-refractivity contribution is -0.186. The van der Waals surface area contributed by atoms with Crippen LogP contribution in [0.4, 0.5) is 0 Å². The summed E-state index contributed by atoms with van der Waals surface area (Å²) in [5, 5.41) is 0. The molecule has 1 aromatic carbocycles. The van der Waals surface area contributed by atoms with Crippen LogP contribution in [0.5, 0.6) is 11.5 Å². The number of aryl methyl sites for hydroxylation is 1. The molecule has 6 nitrogen and oxygen atoms in total. The molecule has 2 fully saturated rings. The molecule has 1 aliphatic heterocycles. The predicted octanol–water partition coefficient (Wildman–Crippen LogP) is 3.29. The monoisotopic (exact) mass is 388 g/mol. The topological polar surface area (TPSA) is 78.9 Å². The van der Waals surface area contributed by atoms with E-state index in [9.17, 15) is 14.4 Å². The Balaban J connectivity index is 1.85. The molecule has 2 aliphatic rings. The maximum absolute atomic E-state index is 12.7. The van der Waals surface area contributed by atoms with Gasteiger partial charge in [-0.1, -0.05) is 18.9 Å². The van der Waals surface area contributed by atoms with Crippen LogP contribution in [0.3, 0.4) is 0 Å². The molecule has 0 aromatic heterocycles. The van der Waals surface area contributed by atoms with Crippen molar-refractivity contribution < 1.29 is 28.6 Å². The normalized spacial score (nSPS) is 25.5. The molecule has 1 heterocycles. The molecule has 1 aliphatic carbocycles. The molecule has 1 saturated carbocycles. The van der Waals surface area contributed by atoms with Crippen LogP contribution in [0.15, 0.2) is 18.2 Å². The first-order valence-electron chi connectivity index (χ1n) is 9.87. The number of Topliss-reactive ketones (excluding diaryl/α,β-unsaturated/α-hetero) is 2. The number of rotatable bonds is 7. The van der Waals surface area contributed by atoms with Gasteiger partial charge in [0.25, 0.3) is 0 Å². The van der Waals surface area contributed by atoms with Gasteiger partial charge < -0.3 is 14.2 Å². The van der Waals surface area contributed by atoms with E-state index in [4.69, 9.17) is 14.2 Å². The van der Waals surface area contributed by atoms with E-state index >= 15 is 0 Å². The van der Waals surface area contributed by atoms with Crippen molar-refractivity contribution in [2.45, 2.75) is 57.5 Å². The highest BCUT2D eigenvalue weighted by Crippen LogP contribution is 2.45. The Bertz CT molecular complexity index is 744. The van der Waals surface area contributed by atoms with Gasteiger partial charge in [-0.15, -0.1) is 0 Å². The molecular weight excluding hydrogens is 360 g/mol. The van der Waals surface area contributed by atoms with Gasteiger partial charge in [0.15, 0.2) is 17.5 Å². The minimum absolute atomic E-state index is 0.117. The maximum Gasteiger partial charge on any atom is 0.324 e. The first-order chi connectivity index (χ1) is 13.4. The summed E-state index contributed by atoms with van der Waals surface area (Å²) in [7, 11) is 3.20. The number of ketones is 2. The van der Waals surface area contributed by atoms with E-state index in [-0.39, 0.29) is 18.1 Å². The van der Waals surface area contributed by atoms with Crippen molar-refractivity contribution in [2.75, 3.05) is 14.2 Å². The third-order valence-corrected chi connectivity index (χ3v) is 6.15. The van der Waals surface area contributed by atoms with Crippen LogP contribution in [0.25, 0.3) is 0 Å². The number of ether oxygens (including phenoxy) is 3. The SMILES string of the molecule is COc1ccc(CCC2(C3CCCC3)CC(=O)C(C(C)=O)C(=O)O2)c(OC)c1. The first kappa shape index (κ1) is 20.4. The van der Waals surface area contributed by atoms with Gasteiger partial charge in [-0.2, -0.15) is 0 Å². The molecule has 0 spiro atoms. The van der Waals surface area contributed by atoms with Gasteiger partial charge in [-0.25, -0.2) is 0 Å². The molecule has 0 bridgehead atoms. The molecule has 0 amide bonds. The number of hydrogen-bond donors (Lipinski definition) is 0. The minimum atomic E-state index is -1.26. The van der Waals surface area contributed by atoms with E-state index < -0.39 is 23.3 Å². The molecule has 0 N–H and O–H groups in total. The Morgan fingerprint density at radius 1 is 1.18 bits per heavy atom. The molecule has 2 atom stereocenters. The van der Waals surface area contributed by atoms with E-state index in [0.717, 1.165) is 31.2 Å². The van der Waals surface area contributed by atoms with Crippen molar-refractivity contribution in [3.05, 3.63) is 23.8 Å². The van der Waals surface area contributed by atoms with Gasteiger partial charge in [0, 0.05) is 12.5 Å². The van der Waals surface area contributed by atoms with Crippen LogP contribution >= 0.6 is 0 Å². The number of methoxy groups -OCH3 is 2. The van der Waals surface area contributed by atoms with Crippen LogP contribution in [-0.2, 0) is 25.5 Å². The Morgan fingerprint density at radius 3 is 2.46 bits per heavy atom. The number of benzene rings is 1. The highest BCUT2D eigenvalue weighted by atomic mass is 16.6. The largest absolute Gasteiger partial charge is 0.497 e. The number of hydrogen-bond acceptors (Lipinski definition) is 6. The third kappa shape index (κ3) is 3.91. The first-order valence-corrected chi connectivity index (χ1v) is 9.87. The van der Waals surface area contributed by atoms with E-state index in [0.29, 0.717) is 24.3 Å². The Kier molecular flexibility index (Phi) is 6.06. The summed E-state index contributed by atoms with van der Waals surface area (Å²) in [6, 6.07) is 5.62. The summed E-state index contributed by atoms with van der Waals surface area (Å²) in [5.41, 5.74) is 0.138. The van der Waals surface area contributed by atoms with Crippen LogP contribution in [0.1, 0.15) is 51.0 Å². The molecule has 1 saturated heterocycles. The van der Waals surface area contributed by atoms with Crippen molar-refractivity contribution >= 4 is 17.5 Å². The zero-order chi connectivity index (χ0) is 20.3. The number of cyclic esters (lactones) is 1. The Morgan fingerprint density at radius 2 is 1.89 bits per heavy atom. The molecule has 1 aromatic rings. The number of carbonyl (C=O) groups excluding carboxylic acids is 3. The van der Waals surface area contributed by atoms with Crippen LogP contribution < -0.4 is 9.47 Å². The molecular formula is C22H28O6. The Labute approximate surface area is 165 Å². The summed E-state index contributed by atoms with van der Waals surface area (Å²) in [6.07, 6.45) is 5.26. The van der Waals surface area contributed by atoms with Gasteiger partial charge in [0.1, 0.15) is 17.1 Å². The second kappa shape index (κ2) is 8.33. The average Bonchev–Trinajstić information content (AvgIpc) is 3.21. The lowest BCUT2D eigenvalue weighted by Gasteiger charge is -2.42. The summed E-state index contributed by atoms with van der Waals surface area (Å²) >= 11 is 0. The van der Waals surface area contributed by atoms with E-state index in [2.05, 4.69) is 0 Å². The number of carbonyl (C=O) groups is 3. The average molecular weight is 388 g/mol. The lowest BCUT2D eigenvalue weighted by Crippen LogP contribution is -2.53. The summed E-state index contributed by atoms with van der Waals surface area (Å²) in [4.78, 5) is 36.9. The quantitative estimate of drug-likeness (QED) is 0.527. The fraction of sp³-hybridized carbons (Fsp3) is 0.591. The van der Waals surface area contributed by atoms with Crippen LogP contribution in [0, 0.1) is 11.8 Å². The number of esters is 1. The van der Waals surface area contributed by atoms with Gasteiger partial charge in [0.05, 0.1) is 14.2 Å². The fourth-order valence-electron chi connectivity index (χ4n) is 4.64. The Hall–Kier alpha value is -2.37. The van der Waals surface area contributed by atoms with Crippen molar-refractivity contribution in [3.63, 3.8) is 0 Å². The zero-order valence-electron chi connectivity index (χ0n) is 16.8. The fourth-order valence-corrected chi connectivity index (χ4v) is 4.64. The molecule has 3 rings (SSSR count). The van der Waals surface area contributed by atoms with Crippen LogP contribution in [0.2, 0.25) is 0 Å². The van der Waals surface area contributed by atoms with Crippen molar-refractivity contribution in [1.29, 1.82) is 0 Å². The third-order valence-electron chi connectivity index (χ3n) is 6.15. The van der Waals surface area contributed by atoms with Crippen molar-refractivity contribution in [1.82, 2.24) is 0 Å². The summed E-state index contributed by atoms with van der Waals surface area (Å²) in [5.74, 6) is -1.13. The van der Waals surface area contributed by atoms with E-state index in [1.165, 1.54) is 6.92 Å². The lowest BCUT2D eigenvalue weighted by atomic mass is 9.73. The standard InChI is InChI=1S/C22H28O6/c1-14(23)20-18(24)13-22(28-21(20)25,16-6-4-5-7-16)11-10-15-8-9-17(26-2)12-19(15)27-3/h8-9,12,16,20H,4-7,10-11,13H2,1-3H3. The van der Waals surface area contributed by atoms with Gasteiger partial charge in [-0.3, -0.25) is 14.4 Å².